The SMILES string of the molecule is CCCCCCCN(C)C(C(=O)O)c1ccccc1. The number of likely N-dealkylation sites (N-methyl/N-ethyl adjacent to an activating group) is 1. The third-order valence-electron chi connectivity index (χ3n) is 3.40. The van der Waals surface area contributed by atoms with Gasteiger partial charge in [0.05, 0.1) is 0 Å². The summed E-state index contributed by atoms with van der Waals surface area (Å²) in [5.41, 5.74) is 0.853. The van der Waals surface area contributed by atoms with E-state index in [4.69, 9.17) is 0 Å². The third kappa shape index (κ3) is 5.43. The highest BCUT2D eigenvalue weighted by atomic mass is 16.4. The van der Waals surface area contributed by atoms with Crippen molar-refractivity contribution in [2.75, 3.05) is 13.6 Å². The van der Waals surface area contributed by atoms with Gasteiger partial charge in [0, 0.05) is 0 Å². The van der Waals surface area contributed by atoms with Crippen molar-refractivity contribution < 1.29 is 9.90 Å². The van der Waals surface area contributed by atoms with E-state index in [1.165, 1.54) is 25.7 Å². The lowest BCUT2D eigenvalue weighted by molar-refractivity contribution is -0.143. The molecule has 1 aromatic rings. The number of carboxylic acids is 1. The van der Waals surface area contributed by atoms with Crippen LogP contribution >= 0.6 is 0 Å². The summed E-state index contributed by atoms with van der Waals surface area (Å²) in [7, 11) is 1.89. The molecule has 0 aliphatic heterocycles. The van der Waals surface area contributed by atoms with Crippen LogP contribution in [-0.2, 0) is 4.79 Å². The van der Waals surface area contributed by atoms with E-state index in [9.17, 15) is 9.90 Å². The molecule has 0 aliphatic rings. The molecule has 1 atom stereocenters. The summed E-state index contributed by atoms with van der Waals surface area (Å²) >= 11 is 0. The molecule has 0 spiro atoms. The average molecular weight is 263 g/mol. The zero-order valence-electron chi connectivity index (χ0n) is 12.0. The number of unbranched alkanes of at least 4 members (excludes halogenated alkanes) is 4. The van der Waals surface area contributed by atoms with Crippen molar-refractivity contribution in [2.24, 2.45) is 0 Å². The Morgan fingerprint density at radius 1 is 1.16 bits per heavy atom. The Morgan fingerprint density at radius 3 is 2.37 bits per heavy atom. The zero-order valence-corrected chi connectivity index (χ0v) is 12.0. The molecule has 1 aromatic carbocycles. The fourth-order valence-electron chi connectivity index (χ4n) is 2.31. The topological polar surface area (TPSA) is 40.5 Å². The van der Waals surface area contributed by atoms with Gasteiger partial charge in [0.15, 0.2) is 0 Å². The Labute approximate surface area is 116 Å². The van der Waals surface area contributed by atoms with Crippen LogP contribution in [0, 0.1) is 0 Å². The van der Waals surface area contributed by atoms with Crippen LogP contribution in [0.5, 0.6) is 0 Å². The quantitative estimate of drug-likeness (QED) is 0.690. The monoisotopic (exact) mass is 263 g/mol. The van der Waals surface area contributed by atoms with Crippen LogP contribution in [0.4, 0.5) is 0 Å². The maximum atomic E-state index is 11.4. The second kappa shape index (κ2) is 8.70. The molecule has 0 aliphatic carbocycles. The highest BCUT2D eigenvalue weighted by Gasteiger charge is 2.23. The van der Waals surface area contributed by atoms with Gasteiger partial charge in [-0.05, 0) is 25.6 Å². The van der Waals surface area contributed by atoms with E-state index >= 15 is 0 Å². The van der Waals surface area contributed by atoms with E-state index in [0.717, 1.165) is 18.5 Å². The fourth-order valence-corrected chi connectivity index (χ4v) is 2.31. The number of aliphatic carboxylic acids is 1. The van der Waals surface area contributed by atoms with E-state index < -0.39 is 12.0 Å². The summed E-state index contributed by atoms with van der Waals surface area (Å²) in [6, 6.07) is 8.92. The number of benzene rings is 1. The van der Waals surface area contributed by atoms with Gasteiger partial charge < -0.3 is 5.11 Å². The standard InChI is InChI=1S/C16H25NO2/c1-3-4-5-6-10-13-17(2)15(16(18)19)14-11-8-7-9-12-14/h7-9,11-12,15H,3-6,10,13H2,1-2H3,(H,18,19). The molecule has 0 amide bonds. The van der Waals surface area contributed by atoms with Crippen molar-refractivity contribution in [3.8, 4) is 0 Å². The number of carboxylic acid groups (broad SMARTS) is 1. The first-order valence-corrected chi connectivity index (χ1v) is 7.14. The molecular weight excluding hydrogens is 238 g/mol. The summed E-state index contributed by atoms with van der Waals surface area (Å²) in [4.78, 5) is 13.4. The minimum absolute atomic E-state index is 0.535. The first-order chi connectivity index (χ1) is 9.16. The van der Waals surface area contributed by atoms with Gasteiger partial charge in [0.25, 0.3) is 0 Å². The maximum Gasteiger partial charge on any atom is 0.325 e. The Kier molecular flexibility index (Phi) is 7.19. The van der Waals surface area contributed by atoms with Gasteiger partial charge in [-0.3, -0.25) is 9.69 Å². The Balaban J connectivity index is 2.50. The normalized spacial score (nSPS) is 12.6. The summed E-state index contributed by atoms with van der Waals surface area (Å²) in [6.07, 6.45) is 5.99. The van der Waals surface area contributed by atoms with Crippen molar-refractivity contribution in [3.05, 3.63) is 35.9 Å². The third-order valence-corrected chi connectivity index (χ3v) is 3.40. The molecule has 0 aromatic heterocycles. The lowest BCUT2D eigenvalue weighted by Crippen LogP contribution is -2.31. The molecule has 1 unspecified atom stereocenters. The van der Waals surface area contributed by atoms with E-state index in [0.29, 0.717) is 0 Å². The highest BCUT2D eigenvalue weighted by molar-refractivity contribution is 5.75. The summed E-state index contributed by atoms with van der Waals surface area (Å²) < 4.78 is 0. The minimum atomic E-state index is -0.776. The van der Waals surface area contributed by atoms with E-state index in [2.05, 4.69) is 6.92 Å². The predicted octanol–water partition coefficient (Wildman–Crippen LogP) is 3.71. The van der Waals surface area contributed by atoms with Gasteiger partial charge in [-0.25, -0.2) is 0 Å². The molecular formula is C16H25NO2. The first-order valence-electron chi connectivity index (χ1n) is 7.14. The molecule has 0 radical (unpaired) electrons. The summed E-state index contributed by atoms with van der Waals surface area (Å²) in [5.74, 6) is -0.776. The number of carbonyl (C=O) groups is 1. The Morgan fingerprint density at radius 2 is 1.79 bits per heavy atom. The van der Waals surface area contributed by atoms with Crippen molar-refractivity contribution in [1.82, 2.24) is 4.90 Å². The minimum Gasteiger partial charge on any atom is -0.480 e. The van der Waals surface area contributed by atoms with Crippen LogP contribution < -0.4 is 0 Å². The first kappa shape index (κ1) is 15.7. The van der Waals surface area contributed by atoms with E-state index in [1.807, 2.05) is 42.3 Å². The largest absolute Gasteiger partial charge is 0.480 e. The van der Waals surface area contributed by atoms with Crippen LogP contribution in [-0.4, -0.2) is 29.6 Å². The number of hydrogen-bond donors (Lipinski definition) is 1. The van der Waals surface area contributed by atoms with Gasteiger partial charge in [0.2, 0.25) is 0 Å². The van der Waals surface area contributed by atoms with Crippen LogP contribution in [0.25, 0.3) is 0 Å². The Hall–Kier alpha value is -1.35. The molecule has 0 saturated carbocycles. The molecule has 3 heteroatoms. The van der Waals surface area contributed by atoms with Gasteiger partial charge in [-0.1, -0.05) is 62.9 Å². The van der Waals surface area contributed by atoms with Crippen LogP contribution in [0.3, 0.4) is 0 Å². The van der Waals surface area contributed by atoms with Gasteiger partial charge in [0.1, 0.15) is 6.04 Å². The lowest BCUT2D eigenvalue weighted by atomic mass is 10.1. The second-order valence-corrected chi connectivity index (χ2v) is 5.05. The number of nitrogens with zero attached hydrogens (tertiary/aromatic N) is 1. The Bertz CT molecular complexity index is 364. The summed E-state index contributed by atoms with van der Waals surface area (Å²) in [5, 5.41) is 9.40. The maximum absolute atomic E-state index is 11.4. The van der Waals surface area contributed by atoms with Crippen LogP contribution in [0.15, 0.2) is 30.3 Å². The predicted molar refractivity (Wildman–Crippen MR) is 78.2 cm³/mol. The molecule has 3 nitrogen and oxygen atoms in total. The van der Waals surface area contributed by atoms with Crippen molar-refractivity contribution in [3.63, 3.8) is 0 Å². The van der Waals surface area contributed by atoms with Crippen LogP contribution in [0.1, 0.15) is 50.6 Å². The molecule has 1 rings (SSSR count). The molecule has 0 fully saturated rings. The number of rotatable bonds is 9. The average Bonchev–Trinajstić information content (AvgIpc) is 2.39. The summed E-state index contributed by atoms with van der Waals surface area (Å²) in [6.45, 7) is 3.03. The molecule has 1 N–H and O–H groups in total. The smallest absolute Gasteiger partial charge is 0.325 e. The zero-order chi connectivity index (χ0) is 14.1. The van der Waals surface area contributed by atoms with Gasteiger partial charge in [-0.2, -0.15) is 0 Å². The fraction of sp³-hybridized carbons (Fsp3) is 0.562. The molecule has 0 heterocycles. The van der Waals surface area contributed by atoms with E-state index in [-0.39, 0.29) is 0 Å². The molecule has 106 valence electrons. The van der Waals surface area contributed by atoms with Crippen LogP contribution in [0.2, 0.25) is 0 Å². The number of hydrogen-bond acceptors (Lipinski definition) is 2. The van der Waals surface area contributed by atoms with Crippen molar-refractivity contribution in [1.29, 1.82) is 0 Å². The molecule has 19 heavy (non-hydrogen) atoms. The lowest BCUT2D eigenvalue weighted by Gasteiger charge is -2.24. The van der Waals surface area contributed by atoms with Crippen molar-refractivity contribution in [2.45, 2.75) is 45.1 Å². The highest BCUT2D eigenvalue weighted by Crippen LogP contribution is 2.20. The van der Waals surface area contributed by atoms with Gasteiger partial charge in [-0.15, -0.1) is 0 Å². The van der Waals surface area contributed by atoms with E-state index in [1.54, 1.807) is 0 Å². The van der Waals surface area contributed by atoms with Gasteiger partial charge >= 0.3 is 5.97 Å². The van der Waals surface area contributed by atoms with Crippen molar-refractivity contribution >= 4 is 5.97 Å². The molecule has 0 saturated heterocycles. The second-order valence-electron chi connectivity index (χ2n) is 5.05. The molecule has 0 bridgehead atoms.